The second kappa shape index (κ2) is 7.27. The Hall–Kier alpha value is -1.58. The van der Waals surface area contributed by atoms with Crippen molar-refractivity contribution in [1.29, 1.82) is 0 Å². The molecule has 0 spiro atoms. The van der Waals surface area contributed by atoms with Gasteiger partial charge in [0.15, 0.2) is 0 Å². The molecule has 1 aromatic heterocycles. The first-order chi connectivity index (χ1) is 9.70. The van der Waals surface area contributed by atoms with Crippen LogP contribution in [-0.2, 0) is 0 Å². The van der Waals surface area contributed by atoms with Gasteiger partial charge >= 0.3 is 0 Å². The van der Waals surface area contributed by atoms with E-state index in [2.05, 4.69) is 10.3 Å². The maximum Gasteiger partial charge on any atom is 0.272 e. The minimum absolute atomic E-state index is 0.0235. The molecule has 1 heterocycles. The summed E-state index contributed by atoms with van der Waals surface area (Å²) < 4.78 is 0. The lowest BCUT2D eigenvalue weighted by molar-refractivity contribution is 0.0755. The molecule has 0 saturated heterocycles. The van der Waals surface area contributed by atoms with Gasteiger partial charge in [0.1, 0.15) is 5.69 Å². The number of carbonyl (C=O) groups is 1. The maximum absolute atomic E-state index is 12.4. The van der Waals surface area contributed by atoms with Crippen LogP contribution in [0.15, 0.2) is 18.3 Å². The van der Waals surface area contributed by atoms with E-state index in [9.17, 15) is 4.79 Å². The fourth-order valence-corrected chi connectivity index (χ4v) is 2.90. The zero-order valence-electron chi connectivity index (χ0n) is 12.6. The lowest BCUT2D eigenvalue weighted by Crippen LogP contribution is -2.33. The first-order valence-corrected chi connectivity index (χ1v) is 7.66. The molecule has 0 aromatic carbocycles. The van der Waals surface area contributed by atoms with Gasteiger partial charge in [0.2, 0.25) is 0 Å². The van der Waals surface area contributed by atoms with Crippen LogP contribution >= 0.6 is 0 Å². The van der Waals surface area contributed by atoms with E-state index in [1.807, 2.05) is 31.0 Å². The van der Waals surface area contributed by atoms with Gasteiger partial charge in [0.05, 0.1) is 0 Å². The molecule has 1 N–H and O–H groups in total. The SMILES string of the molecule is CCNc1ccnc(C(=O)N(C)CC2CCCCC2)c1. The first kappa shape index (κ1) is 14.8. The van der Waals surface area contributed by atoms with Gasteiger partial charge in [0.25, 0.3) is 5.91 Å². The van der Waals surface area contributed by atoms with Crippen molar-refractivity contribution in [3.8, 4) is 0 Å². The molecule has 0 atom stereocenters. The summed E-state index contributed by atoms with van der Waals surface area (Å²) in [6.45, 7) is 3.73. The van der Waals surface area contributed by atoms with Crippen LogP contribution in [0, 0.1) is 5.92 Å². The zero-order chi connectivity index (χ0) is 14.4. The van der Waals surface area contributed by atoms with Gasteiger partial charge in [-0.1, -0.05) is 19.3 Å². The summed E-state index contributed by atoms with van der Waals surface area (Å²) in [5.41, 5.74) is 1.48. The van der Waals surface area contributed by atoms with Gasteiger partial charge in [-0.2, -0.15) is 0 Å². The minimum Gasteiger partial charge on any atom is -0.385 e. The molecule has 4 nitrogen and oxygen atoms in total. The largest absolute Gasteiger partial charge is 0.385 e. The van der Waals surface area contributed by atoms with E-state index in [1.54, 1.807) is 6.20 Å². The van der Waals surface area contributed by atoms with E-state index in [0.717, 1.165) is 18.8 Å². The monoisotopic (exact) mass is 275 g/mol. The third kappa shape index (κ3) is 3.95. The molecule has 1 saturated carbocycles. The van der Waals surface area contributed by atoms with Crippen molar-refractivity contribution in [1.82, 2.24) is 9.88 Å². The Morgan fingerprint density at radius 2 is 2.15 bits per heavy atom. The molecule has 1 fully saturated rings. The number of pyridine rings is 1. The summed E-state index contributed by atoms with van der Waals surface area (Å²) in [5, 5.41) is 3.21. The quantitative estimate of drug-likeness (QED) is 0.897. The highest BCUT2D eigenvalue weighted by Gasteiger charge is 2.20. The number of carbonyl (C=O) groups excluding carboxylic acids is 1. The summed E-state index contributed by atoms with van der Waals surface area (Å²) in [6, 6.07) is 3.73. The van der Waals surface area contributed by atoms with E-state index in [0.29, 0.717) is 11.6 Å². The van der Waals surface area contributed by atoms with Crippen LogP contribution in [-0.4, -0.2) is 35.9 Å². The van der Waals surface area contributed by atoms with Crippen molar-refractivity contribution >= 4 is 11.6 Å². The van der Waals surface area contributed by atoms with Crippen molar-refractivity contribution < 1.29 is 4.79 Å². The Balaban J connectivity index is 1.96. The Labute approximate surface area is 121 Å². The number of hydrogen-bond acceptors (Lipinski definition) is 3. The first-order valence-electron chi connectivity index (χ1n) is 7.66. The number of hydrogen-bond donors (Lipinski definition) is 1. The standard InChI is InChI=1S/C16H25N3O/c1-3-17-14-9-10-18-15(11-14)16(20)19(2)12-13-7-5-4-6-8-13/h9-11,13H,3-8,12H2,1-2H3,(H,17,18). The third-order valence-electron chi connectivity index (χ3n) is 3.96. The zero-order valence-corrected chi connectivity index (χ0v) is 12.6. The number of nitrogens with one attached hydrogen (secondary N) is 1. The second-order valence-corrected chi connectivity index (χ2v) is 5.65. The molecule has 0 radical (unpaired) electrons. The molecule has 1 amide bonds. The molecule has 0 bridgehead atoms. The van der Waals surface area contributed by atoms with Crippen molar-refractivity contribution in [2.45, 2.75) is 39.0 Å². The topological polar surface area (TPSA) is 45.2 Å². The van der Waals surface area contributed by atoms with Crippen LogP contribution in [0.5, 0.6) is 0 Å². The van der Waals surface area contributed by atoms with Gasteiger partial charge in [-0.3, -0.25) is 9.78 Å². The summed E-state index contributed by atoms with van der Waals surface area (Å²) in [4.78, 5) is 18.4. The van der Waals surface area contributed by atoms with Crippen molar-refractivity contribution in [2.24, 2.45) is 5.92 Å². The molecule has 0 aliphatic heterocycles. The summed E-state index contributed by atoms with van der Waals surface area (Å²) >= 11 is 0. The Bertz CT molecular complexity index is 441. The average Bonchev–Trinajstić information content (AvgIpc) is 2.48. The molecule has 1 aliphatic rings. The minimum atomic E-state index is 0.0235. The van der Waals surface area contributed by atoms with Crippen LogP contribution in [0.3, 0.4) is 0 Å². The number of anilines is 1. The summed E-state index contributed by atoms with van der Waals surface area (Å²) in [6.07, 6.45) is 8.16. The molecule has 2 rings (SSSR count). The van der Waals surface area contributed by atoms with Crippen LogP contribution in [0.25, 0.3) is 0 Å². The predicted molar refractivity (Wildman–Crippen MR) is 81.9 cm³/mol. The van der Waals surface area contributed by atoms with Crippen LogP contribution in [0.1, 0.15) is 49.5 Å². The maximum atomic E-state index is 12.4. The lowest BCUT2D eigenvalue weighted by Gasteiger charge is -2.26. The average molecular weight is 275 g/mol. The molecule has 1 aromatic rings. The molecule has 4 heteroatoms. The summed E-state index contributed by atoms with van der Waals surface area (Å²) in [7, 11) is 1.89. The molecule has 0 unspecified atom stereocenters. The van der Waals surface area contributed by atoms with Crippen LogP contribution in [0.2, 0.25) is 0 Å². The highest BCUT2D eigenvalue weighted by molar-refractivity contribution is 5.92. The van der Waals surface area contributed by atoms with E-state index >= 15 is 0 Å². The molecular weight excluding hydrogens is 250 g/mol. The molecule has 20 heavy (non-hydrogen) atoms. The fourth-order valence-electron chi connectivity index (χ4n) is 2.90. The van der Waals surface area contributed by atoms with E-state index in [1.165, 1.54) is 32.1 Å². The normalized spacial score (nSPS) is 15.9. The Morgan fingerprint density at radius 1 is 1.40 bits per heavy atom. The van der Waals surface area contributed by atoms with Crippen molar-refractivity contribution in [3.63, 3.8) is 0 Å². The van der Waals surface area contributed by atoms with Crippen LogP contribution < -0.4 is 5.32 Å². The number of nitrogens with zero attached hydrogens (tertiary/aromatic N) is 2. The van der Waals surface area contributed by atoms with Gasteiger partial charge in [-0.05, 0) is 37.8 Å². The molecule has 1 aliphatic carbocycles. The van der Waals surface area contributed by atoms with Gasteiger partial charge in [0, 0.05) is 32.0 Å². The molecule has 110 valence electrons. The van der Waals surface area contributed by atoms with E-state index < -0.39 is 0 Å². The third-order valence-corrected chi connectivity index (χ3v) is 3.96. The van der Waals surface area contributed by atoms with Crippen molar-refractivity contribution in [2.75, 3.05) is 25.5 Å². The van der Waals surface area contributed by atoms with Gasteiger partial charge < -0.3 is 10.2 Å². The molecular formula is C16H25N3O. The van der Waals surface area contributed by atoms with E-state index in [4.69, 9.17) is 0 Å². The lowest BCUT2D eigenvalue weighted by atomic mass is 9.89. The van der Waals surface area contributed by atoms with Gasteiger partial charge in [-0.25, -0.2) is 0 Å². The van der Waals surface area contributed by atoms with E-state index in [-0.39, 0.29) is 5.91 Å². The number of amides is 1. The number of rotatable bonds is 5. The number of aromatic nitrogens is 1. The second-order valence-electron chi connectivity index (χ2n) is 5.65. The van der Waals surface area contributed by atoms with Crippen molar-refractivity contribution in [3.05, 3.63) is 24.0 Å². The van der Waals surface area contributed by atoms with Gasteiger partial charge in [-0.15, -0.1) is 0 Å². The highest BCUT2D eigenvalue weighted by atomic mass is 16.2. The van der Waals surface area contributed by atoms with Crippen LogP contribution in [0.4, 0.5) is 5.69 Å². The highest BCUT2D eigenvalue weighted by Crippen LogP contribution is 2.24. The Morgan fingerprint density at radius 3 is 2.85 bits per heavy atom. The smallest absolute Gasteiger partial charge is 0.272 e. The fraction of sp³-hybridized carbons (Fsp3) is 0.625. The summed E-state index contributed by atoms with van der Waals surface area (Å²) in [5.74, 6) is 0.685. The predicted octanol–water partition coefficient (Wildman–Crippen LogP) is 3.17. The Kier molecular flexibility index (Phi) is 5.39.